The second-order valence-corrected chi connectivity index (χ2v) is 17.6. The maximum atomic E-state index is 5.12. The molecule has 3 nitrogen and oxygen atoms in total. The fraction of sp³-hybridized carbons (Fsp3) is 0.0444. The van der Waals surface area contributed by atoms with Crippen LogP contribution in [0.2, 0.25) is 13.1 Å². The molecule has 1 aliphatic rings. The zero-order valence-electron chi connectivity index (χ0n) is 27.4. The molecule has 232 valence electrons. The van der Waals surface area contributed by atoms with E-state index in [1.165, 1.54) is 43.4 Å². The van der Waals surface area contributed by atoms with Crippen LogP contribution in [0.4, 0.5) is 0 Å². The van der Waals surface area contributed by atoms with Crippen molar-refractivity contribution in [1.82, 2.24) is 15.0 Å². The van der Waals surface area contributed by atoms with Gasteiger partial charge in [0.1, 0.15) is 8.07 Å². The van der Waals surface area contributed by atoms with E-state index in [0.717, 1.165) is 27.8 Å². The Labute approximate surface area is 287 Å². The van der Waals surface area contributed by atoms with Crippen LogP contribution >= 0.6 is 0 Å². The molecule has 0 fully saturated rings. The lowest BCUT2D eigenvalue weighted by Gasteiger charge is -2.20. The number of benzene rings is 7. The molecule has 0 amide bonds. The van der Waals surface area contributed by atoms with Gasteiger partial charge in [-0.15, -0.1) is 0 Å². The van der Waals surface area contributed by atoms with Crippen LogP contribution in [0.3, 0.4) is 0 Å². The van der Waals surface area contributed by atoms with Gasteiger partial charge < -0.3 is 0 Å². The maximum absolute atomic E-state index is 5.12. The van der Waals surface area contributed by atoms with Gasteiger partial charge in [0.15, 0.2) is 17.5 Å². The molecule has 2 heterocycles. The van der Waals surface area contributed by atoms with Crippen molar-refractivity contribution in [3.63, 3.8) is 0 Å². The molecule has 0 saturated heterocycles. The molecule has 7 aromatic carbocycles. The average molecular weight is 644 g/mol. The molecule has 0 saturated carbocycles. The average Bonchev–Trinajstić information content (AvgIpc) is 3.41. The highest BCUT2D eigenvalue weighted by Crippen LogP contribution is 2.35. The van der Waals surface area contributed by atoms with Gasteiger partial charge in [-0.1, -0.05) is 171 Å². The van der Waals surface area contributed by atoms with E-state index in [1.807, 2.05) is 12.1 Å². The van der Waals surface area contributed by atoms with Crippen LogP contribution in [-0.2, 0) is 0 Å². The van der Waals surface area contributed by atoms with Crippen LogP contribution in [0.15, 0.2) is 164 Å². The molecule has 0 bridgehead atoms. The summed E-state index contributed by atoms with van der Waals surface area (Å²) in [6, 6.07) is 58.1. The second-order valence-electron chi connectivity index (χ2n) is 13.3. The van der Waals surface area contributed by atoms with Crippen molar-refractivity contribution in [2.24, 2.45) is 0 Å². The number of rotatable bonds is 5. The summed E-state index contributed by atoms with van der Waals surface area (Å²) in [7, 11) is -1.92. The summed E-state index contributed by atoms with van der Waals surface area (Å²) >= 11 is 0. The first-order valence-corrected chi connectivity index (χ1v) is 19.8. The van der Waals surface area contributed by atoms with Crippen LogP contribution < -0.4 is 10.4 Å². The molecule has 1 aliphatic heterocycles. The van der Waals surface area contributed by atoms with E-state index < -0.39 is 8.07 Å². The number of aromatic nitrogens is 3. The lowest BCUT2D eigenvalue weighted by Crippen LogP contribution is -2.49. The van der Waals surface area contributed by atoms with Gasteiger partial charge in [-0.3, -0.25) is 0 Å². The Morgan fingerprint density at radius 2 is 0.816 bits per heavy atom. The molecule has 0 spiro atoms. The molecule has 0 atom stereocenters. The van der Waals surface area contributed by atoms with Crippen molar-refractivity contribution in [3.05, 3.63) is 164 Å². The monoisotopic (exact) mass is 643 g/mol. The van der Waals surface area contributed by atoms with Crippen LogP contribution in [0.5, 0.6) is 0 Å². The molecule has 9 rings (SSSR count). The van der Waals surface area contributed by atoms with E-state index in [0.29, 0.717) is 17.5 Å². The summed E-state index contributed by atoms with van der Waals surface area (Å²) in [4.78, 5) is 15.3. The zero-order valence-corrected chi connectivity index (χ0v) is 28.4. The first-order chi connectivity index (χ1) is 24.0. The molecule has 0 N–H and O–H groups in total. The van der Waals surface area contributed by atoms with Gasteiger partial charge in [0.2, 0.25) is 0 Å². The summed E-state index contributed by atoms with van der Waals surface area (Å²) in [5, 5.41) is 5.66. The summed E-state index contributed by atoms with van der Waals surface area (Å²) in [5.41, 5.74) is 10.2. The first-order valence-electron chi connectivity index (χ1n) is 16.8. The fourth-order valence-corrected chi connectivity index (χ4v) is 10.8. The maximum Gasteiger partial charge on any atom is 0.164 e. The molecule has 1 aromatic heterocycles. The van der Waals surface area contributed by atoms with Crippen molar-refractivity contribution in [3.8, 4) is 67.5 Å². The van der Waals surface area contributed by atoms with Gasteiger partial charge in [0.05, 0.1) is 0 Å². The quantitative estimate of drug-likeness (QED) is 0.175. The lowest BCUT2D eigenvalue weighted by molar-refractivity contribution is 1.07. The fourth-order valence-electron chi connectivity index (χ4n) is 7.40. The topological polar surface area (TPSA) is 38.7 Å². The van der Waals surface area contributed by atoms with Crippen LogP contribution in [0.1, 0.15) is 0 Å². The minimum absolute atomic E-state index is 0.661. The highest BCUT2D eigenvalue weighted by molar-refractivity contribution is 7.05. The van der Waals surface area contributed by atoms with Gasteiger partial charge in [-0.05, 0) is 60.6 Å². The normalized spacial score (nSPS) is 12.9. The Morgan fingerprint density at radius 3 is 1.39 bits per heavy atom. The second kappa shape index (κ2) is 11.6. The Hall–Kier alpha value is -5.97. The molecule has 0 unspecified atom stereocenters. The smallest absolute Gasteiger partial charge is 0.164 e. The number of hydrogen-bond donors (Lipinski definition) is 0. The predicted molar refractivity (Wildman–Crippen MR) is 207 cm³/mol. The van der Waals surface area contributed by atoms with Crippen molar-refractivity contribution < 1.29 is 0 Å². The summed E-state index contributed by atoms with van der Waals surface area (Å²) in [5.74, 6) is 2.00. The van der Waals surface area contributed by atoms with Crippen molar-refractivity contribution in [2.45, 2.75) is 13.1 Å². The van der Waals surface area contributed by atoms with Crippen molar-refractivity contribution in [1.29, 1.82) is 0 Å². The van der Waals surface area contributed by atoms with E-state index in [-0.39, 0.29) is 0 Å². The molecule has 0 aliphatic carbocycles. The Balaban J connectivity index is 1.18. The van der Waals surface area contributed by atoms with Gasteiger partial charge in [0, 0.05) is 16.7 Å². The van der Waals surface area contributed by atoms with E-state index in [9.17, 15) is 0 Å². The summed E-state index contributed by atoms with van der Waals surface area (Å²) < 4.78 is 0. The summed E-state index contributed by atoms with van der Waals surface area (Å²) in [6.45, 7) is 4.95. The largest absolute Gasteiger partial charge is 0.208 e. The Morgan fingerprint density at radius 1 is 0.367 bits per heavy atom. The highest BCUT2D eigenvalue weighted by atomic mass is 28.3. The number of fused-ring (bicyclic) bond motifs is 5. The standard InChI is InChI=1S/C45H33N3Si/c1-49(2)41-28-26-37(29-40(41)39-27-25-34-15-9-10-16-38(34)42(39)49)45-47-43(35-21-17-32(18-22-35)30-11-5-3-6-12-30)46-44(48-45)36-23-19-33(20-24-36)31-13-7-4-8-14-31/h3-29H,1-2H3. The third-order valence-electron chi connectivity index (χ3n) is 9.93. The van der Waals surface area contributed by atoms with Crippen LogP contribution in [0.25, 0.3) is 78.3 Å². The van der Waals surface area contributed by atoms with E-state index >= 15 is 0 Å². The SMILES string of the molecule is C[Si]1(C)c2ccc(-c3nc(-c4ccc(-c5ccccc5)cc4)nc(-c4ccc(-c5ccccc5)cc4)n3)cc2-c2ccc3ccccc3c21. The van der Waals surface area contributed by atoms with Crippen LogP contribution in [-0.4, -0.2) is 23.0 Å². The molecule has 4 heteroatoms. The predicted octanol–water partition coefficient (Wildman–Crippen LogP) is 10.2. The summed E-state index contributed by atoms with van der Waals surface area (Å²) in [6.07, 6.45) is 0. The number of nitrogens with zero attached hydrogens (tertiary/aromatic N) is 3. The van der Waals surface area contributed by atoms with Gasteiger partial charge in [0.25, 0.3) is 0 Å². The van der Waals surface area contributed by atoms with E-state index in [1.54, 1.807) is 0 Å². The minimum Gasteiger partial charge on any atom is -0.208 e. The highest BCUT2D eigenvalue weighted by Gasteiger charge is 2.39. The third kappa shape index (κ3) is 5.09. The zero-order chi connectivity index (χ0) is 33.0. The van der Waals surface area contributed by atoms with Crippen molar-refractivity contribution >= 4 is 29.2 Å². The van der Waals surface area contributed by atoms with E-state index in [2.05, 4.69) is 165 Å². The minimum atomic E-state index is -1.92. The number of hydrogen-bond acceptors (Lipinski definition) is 3. The van der Waals surface area contributed by atoms with Gasteiger partial charge >= 0.3 is 0 Å². The van der Waals surface area contributed by atoms with Gasteiger partial charge in [-0.25, -0.2) is 15.0 Å². The Bertz CT molecular complexity index is 2390. The first kappa shape index (κ1) is 29.2. The Kier molecular flexibility index (Phi) is 6.92. The van der Waals surface area contributed by atoms with Crippen LogP contribution in [0, 0.1) is 0 Å². The molecular formula is C45H33N3Si. The molecule has 0 radical (unpaired) electrons. The van der Waals surface area contributed by atoms with E-state index in [4.69, 9.17) is 15.0 Å². The molecule has 49 heavy (non-hydrogen) atoms. The molecule has 8 aromatic rings. The van der Waals surface area contributed by atoms with Crippen molar-refractivity contribution in [2.75, 3.05) is 0 Å². The van der Waals surface area contributed by atoms with Gasteiger partial charge in [-0.2, -0.15) is 0 Å². The lowest BCUT2D eigenvalue weighted by atomic mass is 9.99. The molecular weight excluding hydrogens is 611 g/mol. The third-order valence-corrected chi connectivity index (χ3v) is 13.5.